The number of carbonyl (C=O) groups is 2. The molecule has 0 spiro atoms. The molecule has 1 aromatic heterocycles. The van der Waals surface area contributed by atoms with Crippen LogP contribution in [0.25, 0.3) is 16.0 Å². The highest BCUT2D eigenvalue weighted by atomic mass is 32.1. The fraction of sp³-hybridized carbons (Fsp3) is 0.148. The third-order valence-corrected chi connectivity index (χ3v) is 6.86. The van der Waals surface area contributed by atoms with Crippen molar-refractivity contribution < 1.29 is 28.6 Å². The van der Waals surface area contributed by atoms with Crippen LogP contribution in [0.5, 0.6) is 11.5 Å². The second-order valence-corrected chi connectivity index (χ2v) is 9.02. The topological polar surface area (TPSA) is 89.0 Å². The van der Waals surface area contributed by atoms with Crippen molar-refractivity contribution in [3.63, 3.8) is 0 Å². The first-order valence-electron chi connectivity index (χ1n) is 11.2. The van der Waals surface area contributed by atoms with Gasteiger partial charge in [-0.3, -0.25) is 14.5 Å². The summed E-state index contributed by atoms with van der Waals surface area (Å²) in [5, 5.41) is 11.6. The minimum atomic E-state index is -1.01. The number of hydrogen-bond acceptors (Lipinski definition) is 7. The lowest BCUT2D eigenvalue weighted by atomic mass is 9.95. The number of ketones is 1. The van der Waals surface area contributed by atoms with Crippen LogP contribution in [0.2, 0.25) is 0 Å². The van der Waals surface area contributed by atoms with Gasteiger partial charge in [0.2, 0.25) is 0 Å². The molecule has 1 N–H and O–H groups in total. The van der Waals surface area contributed by atoms with Crippen LogP contribution in [0.3, 0.4) is 0 Å². The molecule has 0 saturated carbocycles. The van der Waals surface area contributed by atoms with Crippen LogP contribution in [-0.2, 0) is 9.59 Å². The van der Waals surface area contributed by atoms with E-state index < -0.39 is 23.5 Å². The van der Waals surface area contributed by atoms with Crippen molar-refractivity contribution in [1.82, 2.24) is 4.98 Å². The minimum absolute atomic E-state index is 0.114. The van der Waals surface area contributed by atoms with Gasteiger partial charge < -0.3 is 14.6 Å². The van der Waals surface area contributed by atoms with Crippen molar-refractivity contribution >= 4 is 44.1 Å². The number of aliphatic hydroxyl groups excluding tert-OH is 1. The van der Waals surface area contributed by atoms with Gasteiger partial charge in [0, 0.05) is 5.56 Å². The summed E-state index contributed by atoms with van der Waals surface area (Å²) in [6.45, 7) is 2.26. The molecule has 1 amide bonds. The Morgan fingerprint density at radius 2 is 1.86 bits per heavy atom. The van der Waals surface area contributed by atoms with E-state index in [1.54, 1.807) is 49.6 Å². The highest BCUT2D eigenvalue weighted by Crippen LogP contribution is 2.44. The number of rotatable bonds is 6. The molecule has 182 valence electrons. The molecule has 1 aliphatic heterocycles. The van der Waals surface area contributed by atoms with Gasteiger partial charge in [-0.05, 0) is 55.0 Å². The molecule has 0 radical (unpaired) electrons. The van der Waals surface area contributed by atoms with Gasteiger partial charge in [-0.1, -0.05) is 35.6 Å². The average molecular weight is 505 g/mol. The Bertz CT molecular complexity index is 1510. The Morgan fingerprint density at radius 1 is 1.08 bits per heavy atom. The maximum absolute atomic E-state index is 13.8. The fourth-order valence-corrected chi connectivity index (χ4v) is 5.19. The second-order valence-electron chi connectivity index (χ2n) is 8.01. The Labute approximate surface area is 210 Å². The number of aromatic nitrogens is 1. The molecular weight excluding hydrogens is 483 g/mol. The van der Waals surface area contributed by atoms with Gasteiger partial charge in [-0.15, -0.1) is 0 Å². The van der Waals surface area contributed by atoms with Crippen molar-refractivity contribution in [3.05, 3.63) is 89.2 Å². The molecule has 7 nitrogen and oxygen atoms in total. The van der Waals surface area contributed by atoms with Crippen molar-refractivity contribution in [3.8, 4) is 11.5 Å². The van der Waals surface area contributed by atoms with E-state index in [0.717, 1.165) is 4.70 Å². The van der Waals surface area contributed by atoms with Crippen molar-refractivity contribution in [1.29, 1.82) is 0 Å². The Morgan fingerprint density at radius 3 is 2.58 bits per heavy atom. The summed E-state index contributed by atoms with van der Waals surface area (Å²) in [5.41, 5.74) is 1.28. The molecule has 3 aromatic carbocycles. The van der Waals surface area contributed by atoms with E-state index in [-0.39, 0.29) is 16.5 Å². The van der Waals surface area contributed by atoms with Crippen molar-refractivity contribution in [2.45, 2.75) is 13.0 Å². The van der Waals surface area contributed by atoms with E-state index in [2.05, 4.69) is 4.98 Å². The van der Waals surface area contributed by atoms with Gasteiger partial charge in [-0.2, -0.15) is 0 Å². The number of Topliss-reactive ketones (excluding diaryl/α,β-unsaturated/α-hetero) is 1. The molecule has 36 heavy (non-hydrogen) atoms. The highest BCUT2D eigenvalue weighted by Gasteiger charge is 2.48. The maximum atomic E-state index is 13.8. The number of halogens is 1. The first-order valence-corrected chi connectivity index (χ1v) is 12.0. The Balaban J connectivity index is 1.69. The number of thiazole rings is 1. The van der Waals surface area contributed by atoms with Crippen molar-refractivity contribution in [2.24, 2.45) is 0 Å². The number of ether oxygens (including phenoxy) is 2. The van der Waals surface area contributed by atoms with E-state index in [4.69, 9.17) is 9.47 Å². The van der Waals surface area contributed by atoms with E-state index >= 15 is 0 Å². The lowest BCUT2D eigenvalue weighted by molar-refractivity contribution is -0.132. The normalized spacial score (nSPS) is 17.1. The third kappa shape index (κ3) is 4.07. The van der Waals surface area contributed by atoms with Gasteiger partial charge in [0.15, 0.2) is 5.13 Å². The van der Waals surface area contributed by atoms with Gasteiger partial charge in [0.05, 0.1) is 35.5 Å². The molecule has 0 aliphatic carbocycles. The monoisotopic (exact) mass is 504 g/mol. The van der Waals surface area contributed by atoms with Crippen LogP contribution in [0.15, 0.2) is 72.3 Å². The number of anilines is 1. The summed E-state index contributed by atoms with van der Waals surface area (Å²) in [5.74, 6) is -1.38. The van der Waals surface area contributed by atoms with E-state index in [1.807, 2.05) is 6.92 Å². The zero-order valence-corrected chi connectivity index (χ0v) is 20.2. The van der Waals surface area contributed by atoms with Gasteiger partial charge in [0.25, 0.3) is 5.78 Å². The Hall–Kier alpha value is -4.24. The SMILES string of the molecule is CCOc1cccc(C(O)=C2C(=O)C(=O)N(c3nc4ccc(OC)cc4s3)C2c2ccc(F)cc2)c1. The first kappa shape index (κ1) is 23.5. The molecule has 9 heteroatoms. The predicted octanol–water partition coefficient (Wildman–Crippen LogP) is 5.47. The molecule has 1 fully saturated rings. The van der Waals surface area contributed by atoms with Crippen LogP contribution >= 0.6 is 11.3 Å². The summed E-state index contributed by atoms with van der Waals surface area (Å²) in [4.78, 5) is 32.5. The van der Waals surface area contributed by atoms with Crippen LogP contribution in [0, 0.1) is 5.82 Å². The molecule has 0 bridgehead atoms. The fourth-order valence-electron chi connectivity index (χ4n) is 4.17. The van der Waals surface area contributed by atoms with Crippen LogP contribution in [-0.4, -0.2) is 35.5 Å². The minimum Gasteiger partial charge on any atom is -0.507 e. The standard InChI is InChI=1S/C27H21FN2O5S/c1-3-35-19-6-4-5-16(13-19)24(31)22-23(15-7-9-17(28)10-8-15)30(26(33)25(22)32)27-29-20-12-11-18(34-2)14-21(20)36-27/h4-14,23,31H,3H2,1-2H3. The number of aliphatic hydroxyl groups is 1. The first-order chi connectivity index (χ1) is 17.4. The Kier molecular flexibility index (Phi) is 6.15. The number of fused-ring (bicyclic) bond motifs is 1. The van der Waals surface area contributed by atoms with Crippen LogP contribution in [0.1, 0.15) is 24.1 Å². The summed E-state index contributed by atoms with van der Waals surface area (Å²) < 4.78 is 25.3. The van der Waals surface area contributed by atoms with Crippen LogP contribution in [0.4, 0.5) is 9.52 Å². The molecule has 1 atom stereocenters. The number of amides is 1. The lowest BCUT2D eigenvalue weighted by Crippen LogP contribution is -2.29. The van der Waals surface area contributed by atoms with Gasteiger partial charge in [0.1, 0.15) is 23.1 Å². The molecule has 5 rings (SSSR count). The van der Waals surface area contributed by atoms with E-state index in [0.29, 0.717) is 34.7 Å². The lowest BCUT2D eigenvalue weighted by Gasteiger charge is -2.23. The zero-order valence-electron chi connectivity index (χ0n) is 19.4. The molecule has 2 heterocycles. The highest BCUT2D eigenvalue weighted by molar-refractivity contribution is 7.22. The molecule has 1 unspecified atom stereocenters. The molecule has 4 aromatic rings. The molecule has 1 aliphatic rings. The zero-order chi connectivity index (χ0) is 25.4. The predicted molar refractivity (Wildman–Crippen MR) is 135 cm³/mol. The van der Waals surface area contributed by atoms with Crippen LogP contribution < -0.4 is 14.4 Å². The third-order valence-electron chi connectivity index (χ3n) is 5.84. The van der Waals surface area contributed by atoms with E-state index in [1.165, 1.54) is 40.5 Å². The summed E-state index contributed by atoms with van der Waals surface area (Å²) >= 11 is 1.21. The number of nitrogens with zero attached hydrogens (tertiary/aromatic N) is 2. The van der Waals surface area contributed by atoms with Gasteiger partial charge in [-0.25, -0.2) is 9.37 Å². The largest absolute Gasteiger partial charge is 0.507 e. The second kappa shape index (κ2) is 9.43. The summed E-state index contributed by atoms with van der Waals surface area (Å²) in [6.07, 6.45) is 0. The number of carbonyl (C=O) groups excluding carboxylic acids is 2. The number of benzene rings is 3. The summed E-state index contributed by atoms with van der Waals surface area (Å²) in [6, 6.07) is 16.4. The quantitative estimate of drug-likeness (QED) is 0.213. The maximum Gasteiger partial charge on any atom is 0.301 e. The number of hydrogen-bond donors (Lipinski definition) is 1. The van der Waals surface area contributed by atoms with Gasteiger partial charge >= 0.3 is 5.91 Å². The smallest absolute Gasteiger partial charge is 0.301 e. The molecular formula is C27H21FN2O5S. The van der Waals surface area contributed by atoms with E-state index in [9.17, 15) is 19.1 Å². The van der Waals surface area contributed by atoms with Crippen molar-refractivity contribution in [2.75, 3.05) is 18.6 Å². The number of methoxy groups -OCH3 is 1. The average Bonchev–Trinajstić information content (AvgIpc) is 3.42. The molecule has 1 saturated heterocycles. The summed E-state index contributed by atoms with van der Waals surface area (Å²) in [7, 11) is 1.55.